The van der Waals surface area contributed by atoms with Gasteiger partial charge in [0.15, 0.2) is 5.13 Å². The minimum Gasteiger partial charge on any atom is -0.481 e. The molecule has 0 radical (unpaired) electrons. The molecule has 108 valence electrons. The van der Waals surface area contributed by atoms with Gasteiger partial charge in [-0.2, -0.15) is 0 Å². The van der Waals surface area contributed by atoms with Crippen LogP contribution in [0.15, 0.2) is 16.0 Å². The molecule has 0 spiro atoms. The van der Waals surface area contributed by atoms with Crippen LogP contribution in [-0.2, 0) is 27.0 Å². The third kappa shape index (κ3) is 4.03. The number of hydrogen-bond donors (Lipinski definition) is 2. The number of carboxylic acids is 1. The minimum absolute atomic E-state index is 0.126. The van der Waals surface area contributed by atoms with Gasteiger partial charge in [0, 0.05) is 11.4 Å². The number of aromatic nitrogens is 2. The molecule has 2 aromatic heterocycles. The van der Waals surface area contributed by atoms with Crippen LogP contribution in [0, 0.1) is 6.92 Å². The van der Waals surface area contributed by atoms with Gasteiger partial charge in [0.2, 0.25) is 10.0 Å². The molecule has 0 aliphatic carbocycles. The van der Waals surface area contributed by atoms with Gasteiger partial charge in [-0.1, -0.05) is 5.16 Å². The molecule has 10 heteroatoms. The van der Waals surface area contributed by atoms with E-state index < -0.39 is 16.0 Å². The zero-order valence-corrected chi connectivity index (χ0v) is 12.0. The average molecular weight is 317 g/mol. The highest BCUT2D eigenvalue weighted by Gasteiger charge is 2.17. The van der Waals surface area contributed by atoms with Gasteiger partial charge in [-0.25, -0.2) is 13.4 Å². The van der Waals surface area contributed by atoms with Gasteiger partial charge in [0.25, 0.3) is 0 Å². The Hall–Kier alpha value is -1.94. The molecule has 2 heterocycles. The first kappa shape index (κ1) is 14.5. The quantitative estimate of drug-likeness (QED) is 0.815. The van der Waals surface area contributed by atoms with E-state index in [0.29, 0.717) is 11.5 Å². The van der Waals surface area contributed by atoms with Crippen molar-refractivity contribution in [3.05, 3.63) is 28.6 Å². The van der Waals surface area contributed by atoms with E-state index in [1.807, 2.05) is 0 Å². The maximum atomic E-state index is 11.9. The molecular weight excluding hydrogens is 306 g/mol. The first-order valence-corrected chi connectivity index (χ1v) is 7.96. The van der Waals surface area contributed by atoms with Gasteiger partial charge in [-0.05, 0) is 6.92 Å². The number of carbonyl (C=O) groups is 1. The van der Waals surface area contributed by atoms with Crippen LogP contribution >= 0.6 is 11.3 Å². The average Bonchev–Trinajstić information content (AvgIpc) is 2.86. The van der Waals surface area contributed by atoms with Gasteiger partial charge >= 0.3 is 5.97 Å². The van der Waals surface area contributed by atoms with E-state index >= 15 is 0 Å². The van der Waals surface area contributed by atoms with Gasteiger partial charge in [-0.15, -0.1) is 11.3 Å². The van der Waals surface area contributed by atoms with Crippen LogP contribution in [0.2, 0.25) is 0 Å². The Balaban J connectivity index is 2.04. The normalized spacial score (nSPS) is 11.4. The fourth-order valence-corrected chi connectivity index (χ4v) is 3.48. The second-order valence-electron chi connectivity index (χ2n) is 4.00. The van der Waals surface area contributed by atoms with Crippen molar-refractivity contribution >= 4 is 32.5 Å². The summed E-state index contributed by atoms with van der Waals surface area (Å²) in [4.78, 5) is 14.4. The second kappa shape index (κ2) is 5.59. The van der Waals surface area contributed by atoms with Crippen molar-refractivity contribution in [2.24, 2.45) is 0 Å². The molecule has 0 amide bonds. The van der Waals surface area contributed by atoms with Crippen LogP contribution in [0.5, 0.6) is 0 Å². The summed E-state index contributed by atoms with van der Waals surface area (Å²) in [5.41, 5.74) is 0.592. The molecule has 0 saturated carbocycles. The fourth-order valence-electron chi connectivity index (χ4n) is 1.44. The number of aryl methyl sites for hydroxylation is 1. The Labute approximate surface area is 118 Å². The second-order valence-corrected chi connectivity index (χ2v) is 6.58. The number of carboxylic acid groups (broad SMARTS) is 1. The van der Waals surface area contributed by atoms with Gasteiger partial charge in [0.05, 0.1) is 12.1 Å². The largest absolute Gasteiger partial charge is 0.481 e. The van der Waals surface area contributed by atoms with Crippen molar-refractivity contribution in [2.45, 2.75) is 19.1 Å². The summed E-state index contributed by atoms with van der Waals surface area (Å²) >= 11 is 1.03. The highest BCUT2D eigenvalue weighted by molar-refractivity contribution is 7.92. The van der Waals surface area contributed by atoms with Crippen LogP contribution in [0.3, 0.4) is 0 Å². The monoisotopic (exact) mass is 317 g/mol. The number of aliphatic carboxylic acids is 1. The standard InChI is InChI=1S/C10H11N3O5S2/c1-6-2-8(12-18-6)5-20(16,17)13-10-11-7(4-19-10)3-9(14)15/h2,4H,3,5H2,1H3,(H,11,13)(H,14,15). The van der Waals surface area contributed by atoms with Crippen LogP contribution in [0.1, 0.15) is 17.1 Å². The molecule has 0 bridgehead atoms. The van der Waals surface area contributed by atoms with E-state index in [1.54, 1.807) is 6.92 Å². The molecule has 0 aliphatic heterocycles. The molecule has 0 saturated heterocycles. The van der Waals surface area contributed by atoms with Crippen molar-refractivity contribution < 1.29 is 22.8 Å². The number of sulfonamides is 1. The predicted octanol–water partition coefficient (Wildman–Crippen LogP) is 1.01. The molecule has 2 aromatic rings. The summed E-state index contributed by atoms with van der Waals surface area (Å²) in [5.74, 6) is -0.839. The number of nitrogens with zero attached hydrogens (tertiary/aromatic N) is 2. The molecule has 0 atom stereocenters. The van der Waals surface area contributed by atoms with E-state index in [2.05, 4.69) is 14.9 Å². The lowest BCUT2D eigenvalue weighted by Crippen LogP contribution is -2.15. The molecule has 0 fully saturated rings. The highest BCUT2D eigenvalue weighted by Crippen LogP contribution is 2.18. The Kier molecular flexibility index (Phi) is 4.04. The van der Waals surface area contributed by atoms with Crippen molar-refractivity contribution in [3.8, 4) is 0 Å². The topological polar surface area (TPSA) is 122 Å². The van der Waals surface area contributed by atoms with E-state index in [0.717, 1.165) is 11.3 Å². The molecule has 0 aliphatic rings. The minimum atomic E-state index is -3.66. The molecular formula is C10H11N3O5S2. The third-order valence-electron chi connectivity index (χ3n) is 2.14. The van der Waals surface area contributed by atoms with E-state index in [-0.39, 0.29) is 23.0 Å². The maximum Gasteiger partial charge on any atom is 0.309 e. The zero-order chi connectivity index (χ0) is 14.8. The molecule has 8 nitrogen and oxygen atoms in total. The smallest absolute Gasteiger partial charge is 0.309 e. The maximum absolute atomic E-state index is 11.9. The third-order valence-corrected chi connectivity index (χ3v) is 4.26. The number of anilines is 1. The van der Waals surface area contributed by atoms with Gasteiger partial charge in [0.1, 0.15) is 17.2 Å². The van der Waals surface area contributed by atoms with Gasteiger partial charge in [-0.3, -0.25) is 9.52 Å². The summed E-state index contributed by atoms with van der Waals surface area (Å²) in [6.07, 6.45) is -0.249. The van der Waals surface area contributed by atoms with Crippen molar-refractivity contribution in [1.82, 2.24) is 10.1 Å². The molecule has 0 aromatic carbocycles. The molecule has 2 N–H and O–H groups in total. The fraction of sp³-hybridized carbons (Fsp3) is 0.300. The van der Waals surface area contributed by atoms with Crippen LogP contribution in [-0.4, -0.2) is 29.6 Å². The van der Waals surface area contributed by atoms with Crippen LogP contribution < -0.4 is 4.72 Å². The van der Waals surface area contributed by atoms with Crippen molar-refractivity contribution in [3.63, 3.8) is 0 Å². The van der Waals surface area contributed by atoms with E-state index in [1.165, 1.54) is 11.4 Å². The summed E-state index contributed by atoms with van der Waals surface area (Å²) < 4.78 is 30.8. The van der Waals surface area contributed by atoms with Crippen molar-refractivity contribution in [1.29, 1.82) is 0 Å². The summed E-state index contributed by atoms with van der Waals surface area (Å²) in [7, 11) is -3.66. The summed E-state index contributed by atoms with van der Waals surface area (Å²) in [5, 5.41) is 13.8. The number of nitrogens with one attached hydrogen (secondary N) is 1. The first-order valence-electron chi connectivity index (χ1n) is 5.43. The Bertz CT molecular complexity index is 719. The lowest BCUT2D eigenvalue weighted by atomic mass is 10.3. The number of rotatable bonds is 6. The first-order chi connectivity index (χ1) is 9.34. The number of thiazole rings is 1. The lowest BCUT2D eigenvalue weighted by molar-refractivity contribution is -0.136. The van der Waals surface area contributed by atoms with Crippen molar-refractivity contribution in [2.75, 3.05) is 4.72 Å². The molecule has 0 unspecified atom stereocenters. The summed E-state index contributed by atoms with van der Waals surface area (Å²) in [6, 6.07) is 1.52. The molecule has 20 heavy (non-hydrogen) atoms. The van der Waals surface area contributed by atoms with Crippen LogP contribution in [0.4, 0.5) is 5.13 Å². The SMILES string of the molecule is Cc1cc(CS(=O)(=O)Nc2nc(CC(=O)O)cs2)no1. The predicted molar refractivity (Wildman–Crippen MR) is 70.9 cm³/mol. The Morgan fingerprint density at radius 1 is 1.50 bits per heavy atom. The van der Waals surface area contributed by atoms with E-state index in [9.17, 15) is 13.2 Å². The zero-order valence-electron chi connectivity index (χ0n) is 10.4. The number of hydrogen-bond acceptors (Lipinski definition) is 7. The van der Waals surface area contributed by atoms with E-state index in [4.69, 9.17) is 9.63 Å². The van der Waals surface area contributed by atoms with Gasteiger partial charge < -0.3 is 9.63 Å². The summed E-state index contributed by atoms with van der Waals surface area (Å²) in [6.45, 7) is 1.66. The lowest BCUT2D eigenvalue weighted by Gasteiger charge is -2.02. The Morgan fingerprint density at radius 2 is 2.25 bits per heavy atom. The van der Waals surface area contributed by atoms with Crippen LogP contribution in [0.25, 0.3) is 0 Å². The highest BCUT2D eigenvalue weighted by atomic mass is 32.2. The molecule has 2 rings (SSSR count). The Morgan fingerprint density at radius 3 is 2.85 bits per heavy atom.